The van der Waals surface area contributed by atoms with E-state index in [2.05, 4.69) is 10.3 Å². The number of hydrogen-bond acceptors (Lipinski definition) is 3. The van der Waals surface area contributed by atoms with Crippen LogP contribution in [0, 0.1) is 18.3 Å². The molecule has 23 heavy (non-hydrogen) atoms. The fourth-order valence-electron chi connectivity index (χ4n) is 2.22. The predicted octanol–water partition coefficient (Wildman–Crippen LogP) is 4.02. The monoisotopic (exact) mass is 327 g/mol. The second-order valence-corrected chi connectivity index (χ2v) is 5.65. The highest BCUT2D eigenvalue weighted by atomic mass is 35.5. The van der Waals surface area contributed by atoms with Gasteiger partial charge >= 0.3 is 0 Å². The first-order chi connectivity index (χ1) is 11.1. The number of aromatic nitrogens is 1. The van der Waals surface area contributed by atoms with Crippen molar-refractivity contribution in [3.05, 3.63) is 46.1 Å². The molecule has 118 valence electrons. The number of nitrogens with zero attached hydrogens (tertiary/aromatic N) is 2. The number of pyridine rings is 1. The summed E-state index contributed by atoms with van der Waals surface area (Å²) in [7, 11) is 0. The van der Waals surface area contributed by atoms with Crippen LogP contribution in [0.15, 0.2) is 29.8 Å². The van der Waals surface area contributed by atoms with Crippen molar-refractivity contribution >= 4 is 34.5 Å². The number of rotatable bonds is 5. The normalized spacial score (nSPS) is 11.3. The highest BCUT2D eigenvalue weighted by Crippen LogP contribution is 2.24. The van der Waals surface area contributed by atoms with Gasteiger partial charge in [-0.1, -0.05) is 43.1 Å². The first kappa shape index (κ1) is 17.0. The molecule has 5 heteroatoms. The van der Waals surface area contributed by atoms with Crippen molar-refractivity contribution in [2.75, 3.05) is 6.54 Å². The zero-order chi connectivity index (χ0) is 16.8. The van der Waals surface area contributed by atoms with Crippen molar-refractivity contribution in [2.45, 2.75) is 26.7 Å². The van der Waals surface area contributed by atoms with Crippen molar-refractivity contribution in [1.29, 1.82) is 5.26 Å². The number of unbranched alkanes of at least 4 members (excludes halogenated alkanes) is 1. The van der Waals surface area contributed by atoms with Gasteiger partial charge in [-0.25, -0.2) is 4.98 Å². The molecule has 0 fully saturated rings. The maximum Gasteiger partial charge on any atom is 0.261 e. The molecule has 0 aliphatic carbocycles. The number of benzene rings is 1. The molecule has 0 saturated heterocycles. The third kappa shape index (κ3) is 4.08. The topological polar surface area (TPSA) is 65.8 Å². The third-order valence-electron chi connectivity index (χ3n) is 3.51. The second kappa shape index (κ2) is 7.75. The third-order valence-corrected chi connectivity index (χ3v) is 3.81. The first-order valence-corrected chi connectivity index (χ1v) is 7.90. The number of carbonyl (C=O) groups is 1. The quantitative estimate of drug-likeness (QED) is 0.390. The summed E-state index contributed by atoms with van der Waals surface area (Å²) in [6.45, 7) is 4.55. The summed E-state index contributed by atoms with van der Waals surface area (Å²) in [5.41, 5.74) is 2.43. The summed E-state index contributed by atoms with van der Waals surface area (Å²) in [5, 5.41) is 13.1. The van der Waals surface area contributed by atoms with E-state index in [0.29, 0.717) is 12.1 Å². The molecular weight excluding hydrogens is 310 g/mol. The molecule has 0 saturated carbocycles. The van der Waals surface area contributed by atoms with Crippen LogP contribution < -0.4 is 5.32 Å². The number of nitriles is 1. The van der Waals surface area contributed by atoms with E-state index in [4.69, 9.17) is 11.6 Å². The minimum Gasteiger partial charge on any atom is -0.351 e. The highest BCUT2D eigenvalue weighted by molar-refractivity contribution is 6.31. The van der Waals surface area contributed by atoms with Gasteiger partial charge in [-0.15, -0.1) is 0 Å². The van der Waals surface area contributed by atoms with Crippen LogP contribution in [0.25, 0.3) is 17.0 Å². The van der Waals surface area contributed by atoms with Crippen molar-refractivity contribution in [3.8, 4) is 6.07 Å². The van der Waals surface area contributed by atoms with Crippen LogP contribution in [0.2, 0.25) is 5.15 Å². The van der Waals surface area contributed by atoms with E-state index in [1.807, 2.05) is 44.2 Å². The van der Waals surface area contributed by atoms with E-state index in [9.17, 15) is 10.1 Å². The Morgan fingerprint density at radius 2 is 2.26 bits per heavy atom. The zero-order valence-corrected chi connectivity index (χ0v) is 13.9. The molecular formula is C18H18ClN3O. The lowest BCUT2D eigenvalue weighted by Crippen LogP contribution is -2.25. The first-order valence-electron chi connectivity index (χ1n) is 7.52. The average Bonchev–Trinajstić information content (AvgIpc) is 2.54. The molecule has 1 aromatic carbocycles. The summed E-state index contributed by atoms with van der Waals surface area (Å²) in [4.78, 5) is 16.4. The highest BCUT2D eigenvalue weighted by Gasteiger charge is 2.11. The van der Waals surface area contributed by atoms with Crippen molar-refractivity contribution in [1.82, 2.24) is 10.3 Å². The van der Waals surface area contributed by atoms with Crippen LogP contribution in [0.5, 0.6) is 0 Å². The van der Waals surface area contributed by atoms with E-state index in [1.54, 1.807) is 0 Å². The molecule has 0 radical (unpaired) electrons. The molecule has 0 spiro atoms. The minimum atomic E-state index is -0.388. The molecule has 0 aliphatic heterocycles. The number of para-hydroxylation sites is 1. The van der Waals surface area contributed by atoms with Crippen LogP contribution in [0.1, 0.15) is 30.9 Å². The van der Waals surface area contributed by atoms with Crippen LogP contribution in [-0.2, 0) is 4.79 Å². The Morgan fingerprint density at radius 1 is 1.48 bits per heavy atom. The average molecular weight is 328 g/mol. The molecule has 0 unspecified atom stereocenters. The summed E-state index contributed by atoms with van der Waals surface area (Å²) in [6.07, 6.45) is 3.34. The molecule has 1 amide bonds. The summed E-state index contributed by atoms with van der Waals surface area (Å²) in [6, 6.07) is 9.59. The lowest BCUT2D eigenvalue weighted by molar-refractivity contribution is -0.117. The molecule has 2 aromatic rings. The lowest BCUT2D eigenvalue weighted by Gasteiger charge is -2.06. The molecule has 2 rings (SSSR count). The van der Waals surface area contributed by atoms with Crippen LogP contribution in [0.4, 0.5) is 0 Å². The smallest absolute Gasteiger partial charge is 0.261 e. The van der Waals surface area contributed by atoms with E-state index in [1.165, 1.54) is 6.08 Å². The number of aryl methyl sites for hydroxylation is 1. The standard InChI is InChI=1S/C18H18ClN3O/c1-3-4-8-21-18(23)15(11-20)10-14-9-13-7-5-6-12(2)16(13)22-17(14)19/h5-7,9-10H,3-4,8H2,1-2H3,(H,21,23)/b15-10+. The Balaban J connectivity index is 2.36. The molecule has 4 nitrogen and oxygen atoms in total. The predicted molar refractivity (Wildman–Crippen MR) is 93.0 cm³/mol. The number of amides is 1. The van der Waals surface area contributed by atoms with E-state index in [0.717, 1.165) is 29.3 Å². The van der Waals surface area contributed by atoms with Crippen molar-refractivity contribution in [2.24, 2.45) is 0 Å². The Kier molecular flexibility index (Phi) is 5.72. The zero-order valence-electron chi connectivity index (χ0n) is 13.2. The van der Waals surface area contributed by atoms with Crippen LogP contribution in [-0.4, -0.2) is 17.4 Å². The summed E-state index contributed by atoms with van der Waals surface area (Å²) < 4.78 is 0. The Hall–Kier alpha value is -2.38. The molecule has 1 heterocycles. The molecule has 0 atom stereocenters. The fraction of sp³-hybridized carbons (Fsp3) is 0.278. The number of carbonyl (C=O) groups excluding carboxylic acids is 1. The maximum absolute atomic E-state index is 12.0. The number of hydrogen-bond donors (Lipinski definition) is 1. The van der Waals surface area contributed by atoms with Crippen molar-refractivity contribution < 1.29 is 4.79 Å². The van der Waals surface area contributed by atoms with Gasteiger partial charge in [-0.05, 0) is 31.1 Å². The Bertz CT molecular complexity index is 806. The van der Waals surface area contributed by atoms with E-state index in [-0.39, 0.29) is 16.6 Å². The molecule has 0 aliphatic rings. The van der Waals surface area contributed by atoms with E-state index < -0.39 is 0 Å². The Morgan fingerprint density at radius 3 is 2.96 bits per heavy atom. The van der Waals surface area contributed by atoms with Gasteiger partial charge in [0.05, 0.1) is 5.52 Å². The Labute approximate surface area is 140 Å². The van der Waals surface area contributed by atoms with Crippen LogP contribution in [0.3, 0.4) is 0 Å². The van der Waals surface area contributed by atoms with Gasteiger partial charge in [0, 0.05) is 17.5 Å². The van der Waals surface area contributed by atoms with Crippen LogP contribution >= 0.6 is 11.6 Å². The number of halogens is 1. The number of nitrogens with one attached hydrogen (secondary N) is 1. The maximum atomic E-state index is 12.0. The molecule has 0 bridgehead atoms. The van der Waals surface area contributed by atoms with Gasteiger partial charge in [0.25, 0.3) is 5.91 Å². The summed E-state index contributed by atoms with van der Waals surface area (Å²) >= 11 is 6.21. The molecule has 1 N–H and O–H groups in total. The second-order valence-electron chi connectivity index (χ2n) is 5.29. The van der Waals surface area contributed by atoms with Gasteiger partial charge in [0.15, 0.2) is 0 Å². The van der Waals surface area contributed by atoms with Gasteiger partial charge in [-0.3, -0.25) is 4.79 Å². The summed E-state index contributed by atoms with van der Waals surface area (Å²) in [5.74, 6) is -0.388. The molecule has 1 aromatic heterocycles. The van der Waals surface area contributed by atoms with E-state index >= 15 is 0 Å². The number of fused-ring (bicyclic) bond motifs is 1. The largest absolute Gasteiger partial charge is 0.351 e. The SMILES string of the molecule is CCCCNC(=O)/C(C#N)=C/c1cc2cccc(C)c2nc1Cl. The minimum absolute atomic E-state index is 0.0248. The van der Waals surface area contributed by atoms with Gasteiger partial charge < -0.3 is 5.32 Å². The fourth-order valence-corrected chi connectivity index (χ4v) is 2.41. The lowest BCUT2D eigenvalue weighted by atomic mass is 10.1. The van der Waals surface area contributed by atoms with Crippen molar-refractivity contribution in [3.63, 3.8) is 0 Å². The van der Waals surface area contributed by atoms with Gasteiger partial charge in [-0.2, -0.15) is 5.26 Å². The van der Waals surface area contributed by atoms with Gasteiger partial charge in [0.2, 0.25) is 0 Å². The van der Waals surface area contributed by atoms with Gasteiger partial charge in [0.1, 0.15) is 16.8 Å².